The molecule has 2 N–H and O–H groups in total. The van der Waals surface area contributed by atoms with Gasteiger partial charge >= 0.3 is 0 Å². The summed E-state index contributed by atoms with van der Waals surface area (Å²) >= 11 is 0. The van der Waals surface area contributed by atoms with Gasteiger partial charge in [0.1, 0.15) is 0 Å². The topological polar surface area (TPSA) is 59.6 Å². The molecule has 0 aromatic rings. The van der Waals surface area contributed by atoms with Gasteiger partial charge in [0.2, 0.25) is 5.91 Å². The third kappa shape index (κ3) is 8.64. The average Bonchev–Trinajstić information content (AvgIpc) is 2.17. The van der Waals surface area contributed by atoms with Gasteiger partial charge in [0.05, 0.1) is 18.8 Å². The Labute approximate surface area is 97.9 Å². The van der Waals surface area contributed by atoms with Crippen molar-refractivity contribution in [2.24, 2.45) is 0 Å². The second-order valence-corrected chi connectivity index (χ2v) is 4.14. The molecule has 0 saturated carbocycles. The molecule has 0 aromatic heterocycles. The van der Waals surface area contributed by atoms with E-state index >= 15 is 0 Å². The predicted octanol–water partition coefficient (Wildman–Crippen LogP) is 0.154. The van der Waals surface area contributed by atoms with Crippen LogP contribution >= 0.6 is 0 Å². The van der Waals surface area contributed by atoms with Gasteiger partial charge in [-0.1, -0.05) is 0 Å². The van der Waals surface area contributed by atoms with Crippen molar-refractivity contribution in [3.63, 3.8) is 0 Å². The lowest BCUT2D eigenvalue weighted by Crippen LogP contribution is -2.42. The minimum Gasteiger partial charge on any atom is -0.383 e. The van der Waals surface area contributed by atoms with Gasteiger partial charge in [0.25, 0.3) is 0 Å². The summed E-state index contributed by atoms with van der Waals surface area (Å²) in [5, 5.41) is 5.79. The summed E-state index contributed by atoms with van der Waals surface area (Å²) in [6.45, 7) is 8.66. The Kier molecular flexibility index (Phi) is 8.15. The summed E-state index contributed by atoms with van der Waals surface area (Å²) in [6.07, 6.45) is 0. The lowest BCUT2D eigenvalue weighted by molar-refractivity contribution is -0.120. The Morgan fingerprint density at radius 1 is 1.38 bits per heavy atom. The summed E-state index contributed by atoms with van der Waals surface area (Å²) in [5.41, 5.74) is -0.235. The van der Waals surface area contributed by atoms with E-state index in [4.69, 9.17) is 9.47 Å². The molecule has 0 fully saturated rings. The molecule has 0 aromatic carbocycles. The first kappa shape index (κ1) is 15.3. The number of hydrogen-bond donors (Lipinski definition) is 2. The van der Waals surface area contributed by atoms with Crippen molar-refractivity contribution in [2.45, 2.75) is 26.4 Å². The molecule has 5 nitrogen and oxygen atoms in total. The molecule has 0 spiro atoms. The van der Waals surface area contributed by atoms with E-state index in [2.05, 4.69) is 10.6 Å². The van der Waals surface area contributed by atoms with E-state index in [1.807, 2.05) is 20.8 Å². The fourth-order valence-corrected chi connectivity index (χ4v) is 1.27. The number of carbonyl (C=O) groups is 1. The molecule has 0 aliphatic heterocycles. The van der Waals surface area contributed by atoms with Crippen molar-refractivity contribution in [3.8, 4) is 0 Å². The van der Waals surface area contributed by atoms with Crippen molar-refractivity contribution in [1.82, 2.24) is 10.6 Å². The maximum Gasteiger partial charge on any atom is 0.234 e. The Morgan fingerprint density at radius 2 is 2.06 bits per heavy atom. The van der Waals surface area contributed by atoms with Crippen LogP contribution in [0.5, 0.6) is 0 Å². The quantitative estimate of drug-likeness (QED) is 0.556. The first-order chi connectivity index (χ1) is 7.52. The first-order valence-corrected chi connectivity index (χ1v) is 5.62. The highest BCUT2D eigenvalue weighted by atomic mass is 16.5. The van der Waals surface area contributed by atoms with E-state index in [1.54, 1.807) is 7.11 Å². The van der Waals surface area contributed by atoms with E-state index in [0.717, 1.165) is 0 Å². The highest BCUT2D eigenvalue weighted by Crippen LogP contribution is 2.06. The maximum absolute atomic E-state index is 11.3. The van der Waals surface area contributed by atoms with E-state index < -0.39 is 0 Å². The highest BCUT2D eigenvalue weighted by Gasteiger charge is 2.16. The van der Waals surface area contributed by atoms with Crippen molar-refractivity contribution >= 4 is 5.91 Å². The maximum atomic E-state index is 11.3. The second-order valence-electron chi connectivity index (χ2n) is 4.14. The van der Waals surface area contributed by atoms with E-state index in [9.17, 15) is 4.79 Å². The molecule has 0 saturated heterocycles. The summed E-state index contributed by atoms with van der Waals surface area (Å²) in [5.74, 6) is -0.0238. The van der Waals surface area contributed by atoms with Crippen LogP contribution in [0.3, 0.4) is 0 Å². The fraction of sp³-hybridized carbons (Fsp3) is 0.909. The van der Waals surface area contributed by atoms with E-state index in [0.29, 0.717) is 32.8 Å². The largest absolute Gasteiger partial charge is 0.383 e. The monoisotopic (exact) mass is 232 g/mol. The highest BCUT2D eigenvalue weighted by molar-refractivity contribution is 5.77. The van der Waals surface area contributed by atoms with Gasteiger partial charge in [-0.25, -0.2) is 0 Å². The zero-order chi connectivity index (χ0) is 12.4. The van der Waals surface area contributed by atoms with Gasteiger partial charge in [0, 0.05) is 26.8 Å². The summed E-state index contributed by atoms with van der Waals surface area (Å²) < 4.78 is 10.3. The van der Waals surface area contributed by atoms with E-state index in [-0.39, 0.29) is 11.5 Å². The molecule has 0 atom stereocenters. The van der Waals surface area contributed by atoms with Crippen LogP contribution in [0.25, 0.3) is 0 Å². The minimum atomic E-state index is -0.235. The van der Waals surface area contributed by atoms with Crippen molar-refractivity contribution in [1.29, 1.82) is 0 Å². The zero-order valence-corrected chi connectivity index (χ0v) is 10.8. The molecule has 0 rings (SSSR count). The standard InChI is InChI=1S/C11H24N2O3/c1-5-16-11(2,3)9-12-8-10(14)13-6-7-15-4/h12H,5-9H2,1-4H3,(H,13,14). The second kappa shape index (κ2) is 8.50. The van der Waals surface area contributed by atoms with Crippen LogP contribution in [0.1, 0.15) is 20.8 Å². The lowest BCUT2D eigenvalue weighted by atomic mass is 10.1. The molecule has 0 unspecified atom stereocenters. The SMILES string of the molecule is CCOC(C)(C)CNCC(=O)NCCOC. The minimum absolute atomic E-state index is 0.0238. The molecule has 96 valence electrons. The normalized spacial score (nSPS) is 11.5. The molecule has 0 radical (unpaired) electrons. The molecule has 0 aliphatic carbocycles. The predicted molar refractivity (Wildman–Crippen MR) is 63.5 cm³/mol. The summed E-state index contributed by atoms with van der Waals surface area (Å²) in [6, 6.07) is 0. The van der Waals surface area contributed by atoms with Gasteiger partial charge in [-0.2, -0.15) is 0 Å². The molecule has 0 bridgehead atoms. The number of methoxy groups -OCH3 is 1. The fourth-order valence-electron chi connectivity index (χ4n) is 1.27. The number of rotatable bonds is 9. The van der Waals surface area contributed by atoms with Gasteiger partial charge in [-0.05, 0) is 20.8 Å². The molecule has 5 heteroatoms. The number of carbonyl (C=O) groups excluding carboxylic acids is 1. The van der Waals surface area contributed by atoms with Crippen LogP contribution in [-0.2, 0) is 14.3 Å². The lowest BCUT2D eigenvalue weighted by Gasteiger charge is -2.24. The smallest absolute Gasteiger partial charge is 0.234 e. The third-order valence-corrected chi connectivity index (χ3v) is 2.00. The molecule has 0 heterocycles. The molecule has 16 heavy (non-hydrogen) atoms. The molecule has 0 aliphatic rings. The van der Waals surface area contributed by atoms with Crippen LogP contribution in [0, 0.1) is 0 Å². The van der Waals surface area contributed by atoms with Gasteiger partial charge < -0.3 is 20.1 Å². The number of nitrogens with one attached hydrogen (secondary N) is 2. The van der Waals surface area contributed by atoms with Crippen LogP contribution in [0.2, 0.25) is 0 Å². The Balaban J connectivity index is 3.53. The van der Waals surface area contributed by atoms with Gasteiger partial charge in [-0.15, -0.1) is 0 Å². The van der Waals surface area contributed by atoms with Gasteiger partial charge in [0.15, 0.2) is 0 Å². The summed E-state index contributed by atoms with van der Waals surface area (Å²) in [4.78, 5) is 11.3. The van der Waals surface area contributed by atoms with Crippen molar-refractivity contribution in [3.05, 3.63) is 0 Å². The van der Waals surface area contributed by atoms with Crippen LogP contribution in [0.15, 0.2) is 0 Å². The third-order valence-electron chi connectivity index (χ3n) is 2.00. The van der Waals surface area contributed by atoms with Crippen molar-refractivity contribution in [2.75, 3.05) is 40.0 Å². The molecular weight excluding hydrogens is 208 g/mol. The van der Waals surface area contributed by atoms with Crippen LogP contribution in [0.4, 0.5) is 0 Å². The first-order valence-electron chi connectivity index (χ1n) is 5.62. The number of ether oxygens (including phenoxy) is 2. The Hall–Kier alpha value is -0.650. The Bertz CT molecular complexity index is 196. The molecular formula is C11H24N2O3. The number of hydrogen-bond acceptors (Lipinski definition) is 4. The van der Waals surface area contributed by atoms with E-state index in [1.165, 1.54) is 0 Å². The summed E-state index contributed by atoms with van der Waals surface area (Å²) in [7, 11) is 1.61. The van der Waals surface area contributed by atoms with Crippen molar-refractivity contribution < 1.29 is 14.3 Å². The van der Waals surface area contributed by atoms with Crippen LogP contribution in [-0.4, -0.2) is 51.5 Å². The molecule has 1 amide bonds. The van der Waals surface area contributed by atoms with Gasteiger partial charge in [-0.3, -0.25) is 4.79 Å². The number of amides is 1. The zero-order valence-electron chi connectivity index (χ0n) is 10.8. The average molecular weight is 232 g/mol. The van der Waals surface area contributed by atoms with Crippen LogP contribution < -0.4 is 10.6 Å². The Morgan fingerprint density at radius 3 is 2.62 bits per heavy atom.